The normalized spacial score (nSPS) is 21.6. The Bertz CT molecular complexity index is 497. The smallest absolute Gasteiger partial charge is 0.251 e. The number of hydrogen-bond donors (Lipinski definition) is 3. The molecule has 20 heavy (non-hydrogen) atoms. The number of carbonyl (C=O) groups excluding carboxylic acids is 2. The van der Waals surface area contributed by atoms with Crippen LogP contribution in [0.25, 0.3) is 0 Å². The second kappa shape index (κ2) is 6.34. The highest BCUT2D eigenvalue weighted by Gasteiger charge is 2.28. The van der Waals surface area contributed by atoms with Crippen molar-refractivity contribution in [3.05, 3.63) is 17.0 Å². The molecule has 0 radical (unpaired) electrons. The van der Waals surface area contributed by atoms with Crippen LogP contribution in [0.2, 0.25) is 0 Å². The summed E-state index contributed by atoms with van der Waals surface area (Å²) < 4.78 is 0. The molecule has 1 saturated carbocycles. The lowest BCUT2D eigenvalue weighted by atomic mass is 9.82. The summed E-state index contributed by atoms with van der Waals surface area (Å²) in [5, 5.41) is 14.1. The zero-order valence-electron chi connectivity index (χ0n) is 11.3. The first kappa shape index (κ1) is 15.0. The molecule has 0 aliphatic heterocycles. The molecular weight excluding hydrogens is 278 g/mol. The highest BCUT2D eigenvalue weighted by Crippen LogP contribution is 2.27. The van der Waals surface area contributed by atoms with Crippen LogP contribution in [0.15, 0.2) is 11.4 Å². The molecule has 2 amide bonds. The molecule has 1 aliphatic carbocycles. The Morgan fingerprint density at radius 3 is 2.85 bits per heavy atom. The highest BCUT2D eigenvalue weighted by molar-refractivity contribution is 7.14. The van der Waals surface area contributed by atoms with Crippen LogP contribution >= 0.6 is 11.3 Å². The van der Waals surface area contributed by atoms with Gasteiger partial charge in [0.05, 0.1) is 18.2 Å². The van der Waals surface area contributed by atoms with Crippen LogP contribution in [0, 0.1) is 5.92 Å². The Kier molecular flexibility index (Phi) is 4.74. The lowest BCUT2D eigenvalue weighted by Gasteiger charge is -2.34. The summed E-state index contributed by atoms with van der Waals surface area (Å²) in [6.07, 6.45) is 1.44. The van der Waals surface area contributed by atoms with Gasteiger partial charge in [0.1, 0.15) is 5.00 Å². The van der Waals surface area contributed by atoms with Crippen LogP contribution < -0.4 is 11.1 Å². The topological polar surface area (TPSA) is 95.7 Å². The standard InChI is InChI=1S/C13H19N3O3S/c1-16(6-8-4-9(17)5-8)7-11(18)15-13-10(12(14)19)2-3-20-13/h2-3,8-9,17H,4-7H2,1H3,(H2,14,19)(H,15,18). The zero-order chi connectivity index (χ0) is 14.7. The summed E-state index contributed by atoms with van der Waals surface area (Å²) in [5.41, 5.74) is 5.56. The molecule has 6 nitrogen and oxygen atoms in total. The zero-order valence-corrected chi connectivity index (χ0v) is 12.2. The molecule has 0 bridgehead atoms. The number of primary amides is 1. The fourth-order valence-corrected chi connectivity index (χ4v) is 3.17. The van der Waals surface area contributed by atoms with E-state index in [1.807, 2.05) is 11.9 Å². The molecule has 0 spiro atoms. The van der Waals surface area contributed by atoms with Crippen molar-refractivity contribution in [3.8, 4) is 0 Å². The van der Waals surface area contributed by atoms with E-state index in [-0.39, 0.29) is 18.6 Å². The number of thiophene rings is 1. The predicted octanol–water partition coefficient (Wildman–Crippen LogP) is 0.488. The number of aliphatic hydroxyl groups excluding tert-OH is 1. The molecule has 1 fully saturated rings. The van der Waals surface area contributed by atoms with Crippen LogP contribution in [0.4, 0.5) is 5.00 Å². The number of nitrogens with zero attached hydrogens (tertiary/aromatic N) is 1. The molecule has 0 saturated heterocycles. The maximum absolute atomic E-state index is 11.9. The summed E-state index contributed by atoms with van der Waals surface area (Å²) >= 11 is 1.28. The number of nitrogens with two attached hydrogens (primary N) is 1. The Morgan fingerprint density at radius 1 is 1.55 bits per heavy atom. The van der Waals surface area contributed by atoms with E-state index >= 15 is 0 Å². The first-order valence-electron chi connectivity index (χ1n) is 6.49. The maximum atomic E-state index is 11.9. The molecule has 1 aromatic rings. The highest BCUT2D eigenvalue weighted by atomic mass is 32.1. The SMILES string of the molecule is CN(CC(=O)Nc1sccc1C(N)=O)CC1CC(O)C1. The van der Waals surface area contributed by atoms with E-state index in [2.05, 4.69) is 5.32 Å². The molecule has 2 rings (SSSR count). The Morgan fingerprint density at radius 2 is 2.25 bits per heavy atom. The minimum atomic E-state index is -0.543. The van der Waals surface area contributed by atoms with Crippen molar-refractivity contribution in [1.82, 2.24) is 4.90 Å². The van der Waals surface area contributed by atoms with E-state index < -0.39 is 5.91 Å². The van der Waals surface area contributed by atoms with Gasteiger partial charge in [-0.3, -0.25) is 14.5 Å². The molecule has 0 aromatic carbocycles. The van der Waals surface area contributed by atoms with Crippen LogP contribution in [-0.2, 0) is 4.79 Å². The number of hydrogen-bond acceptors (Lipinski definition) is 5. The van der Waals surface area contributed by atoms with E-state index in [1.54, 1.807) is 11.4 Å². The van der Waals surface area contributed by atoms with E-state index in [4.69, 9.17) is 5.73 Å². The van der Waals surface area contributed by atoms with Gasteiger partial charge in [0, 0.05) is 6.54 Å². The van der Waals surface area contributed by atoms with Crippen molar-refractivity contribution in [2.75, 3.05) is 25.5 Å². The van der Waals surface area contributed by atoms with Gasteiger partial charge in [-0.2, -0.15) is 0 Å². The Labute approximate surface area is 121 Å². The largest absolute Gasteiger partial charge is 0.393 e. The quantitative estimate of drug-likeness (QED) is 0.712. The molecule has 1 heterocycles. The lowest BCUT2D eigenvalue weighted by molar-refractivity contribution is -0.117. The van der Waals surface area contributed by atoms with Gasteiger partial charge in [0.2, 0.25) is 5.91 Å². The van der Waals surface area contributed by atoms with E-state index in [0.717, 1.165) is 19.4 Å². The minimum absolute atomic E-state index is 0.169. The van der Waals surface area contributed by atoms with Crippen molar-refractivity contribution >= 4 is 28.2 Å². The number of rotatable bonds is 6. The third-order valence-corrected chi connectivity index (χ3v) is 4.21. The second-order valence-electron chi connectivity index (χ2n) is 5.26. The fraction of sp³-hybridized carbons (Fsp3) is 0.538. The third-order valence-electron chi connectivity index (χ3n) is 3.38. The molecular formula is C13H19N3O3S. The average molecular weight is 297 g/mol. The average Bonchev–Trinajstić information content (AvgIpc) is 2.74. The molecule has 7 heteroatoms. The van der Waals surface area contributed by atoms with Gasteiger partial charge in [0.15, 0.2) is 0 Å². The monoisotopic (exact) mass is 297 g/mol. The number of nitrogens with one attached hydrogen (secondary N) is 1. The number of aliphatic hydroxyl groups is 1. The van der Waals surface area contributed by atoms with Crippen LogP contribution in [0.5, 0.6) is 0 Å². The second-order valence-corrected chi connectivity index (χ2v) is 6.18. The molecule has 110 valence electrons. The molecule has 4 N–H and O–H groups in total. The number of anilines is 1. The van der Waals surface area contributed by atoms with E-state index in [0.29, 0.717) is 16.5 Å². The van der Waals surface area contributed by atoms with Crippen molar-refractivity contribution < 1.29 is 14.7 Å². The Balaban J connectivity index is 1.79. The van der Waals surface area contributed by atoms with Crippen molar-refractivity contribution in [1.29, 1.82) is 0 Å². The first-order valence-corrected chi connectivity index (χ1v) is 7.37. The summed E-state index contributed by atoms with van der Waals surface area (Å²) in [4.78, 5) is 25.0. The van der Waals surface area contributed by atoms with E-state index in [9.17, 15) is 14.7 Å². The first-order chi connectivity index (χ1) is 9.45. The molecule has 1 aliphatic rings. The van der Waals surface area contributed by atoms with Gasteiger partial charge in [-0.05, 0) is 37.3 Å². The van der Waals surface area contributed by atoms with Gasteiger partial charge in [-0.25, -0.2) is 0 Å². The van der Waals surface area contributed by atoms with Crippen LogP contribution in [0.1, 0.15) is 23.2 Å². The van der Waals surface area contributed by atoms with Gasteiger partial charge >= 0.3 is 0 Å². The van der Waals surface area contributed by atoms with Gasteiger partial charge in [-0.15, -0.1) is 11.3 Å². The number of likely N-dealkylation sites (N-methyl/N-ethyl adjacent to an activating group) is 1. The fourth-order valence-electron chi connectivity index (χ4n) is 2.37. The number of carbonyl (C=O) groups is 2. The molecule has 1 aromatic heterocycles. The van der Waals surface area contributed by atoms with Gasteiger partial charge in [-0.1, -0.05) is 0 Å². The maximum Gasteiger partial charge on any atom is 0.251 e. The summed E-state index contributed by atoms with van der Waals surface area (Å²) in [5.74, 6) is -0.249. The predicted molar refractivity (Wildman–Crippen MR) is 77.7 cm³/mol. The summed E-state index contributed by atoms with van der Waals surface area (Å²) in [6, 6.07) is 1.60. The third kappa shape index (κ3) is 3.78. The minimum Gasteiger partial charge on any atom is -0.393 e. The number of amides is 2. The Hall–Kier alpha value is -1.44. The van der Waals surface area contributed by atoms with Crippen LogP contribution in [0.3, 0.4) is 0 Å². The van der Waals surface area contributed by atoms with Crippen LogP contribution in [-0.4, -0.2) is 48.1 Å². The van der Waals surface area contributed by atoms with Crippen molar-refractivity contribution in [3.63, 3.8) is 0 Å². The molecule has 0 atom stereocenters. The summed E-state index contributed by atoms with van der Waals surface area (Å²) in [6.45, 7) is 1.04. The van der Waals surface area contributed by atoms with Crippen molar-refractivity contribution in [2.45, 2.75) is 18.9 Å². The van der Waals surface area contributed by atoms with Gasteiger partial charge < -0.3 is 16.2 Å². The van der Waals surface area contributed by atoms with Gasteiger partial charge in [0.25, 0.3) is 5.91 Å². The van der Waals surface area contributed by atoms with Crippen molar-refractivity contribution in [2.24, 2.45) is 11.7 Å². The molecule has 0 unspecified atom stereocenters. The lowest BCUT2D eigenvalue weighted by Crippen LogP contribution is -2.40. The van der Waals surface area contributed by atoms with E-state index in [1.165, 1.54) is 11.3 Å². The summed E-state index contributed by atoms with van der Waals surface area (Å²) in [7, 11) is 1.87.